The fourth-order valence-corrected chi connectivity index (χ4v) is 2.47. The van der Waals surface area contributed by atoms with Crippen LogP contribution in [-0.4, -0.2) is 43.2 Å². The van der Waals surface area contributed by atoms with Gasteiger partial charge < -0.3 is 15.0 Å². The fourth-order valence-electron chi connectivity index (χ4n) is 2.15. The summed E-state index contributed by atoms with van der Waals surface area (Å²) in [7, 11) is 0. The standard InChI is InChI=1S/C14H18Cl2N2O2.ClH/c1-2-18(14(19)13-9-20-6-5-17-13)8-10-3-4-11(15)12(16)7-10;/h3-4,7,13,17H,2,5-6,8-9H2,1H3;1H. The van der Waals surface area contributed by atoms with Gasteiger partial charge in [-0.2, -0.15) is 0 Å². The van der Waals surface area contributed by atoms with Gasteiger partial charge in [0.15, 0.2) is 0 Å². The molecule has 1 heterocycles. The van der Waals surface area contributed by atoms with Crippen LogP contribution in [0, 0.1) is 0 Å². The number of carbonyl (C=O) groups excluding carboxylic acids is 1. The second kappa shape index (κ2) is 8.81. The molecule has 1 aliphatic rings. The first-order valence-electron chi connectivity index (χ1n) is 6.65. The lowest BCUT2D eigenvalue weighted by molar-refractivity contribution is -0.136. The van der Waals surface area contributed by atoms with Crippen LogP contribution in [-0.2, 0) is 16.1 Å². The van der Waals surface area contributed by atoms with Crippen molar-refractivity contribution in [1.82, 2.24) is 10.2 Å². The van der Waals surface area contributed by atoms with Gasteiger partial charge in [0.1, 0.15) is 6.04 Å². The monoisotopic (exact) mass is 352 g/mol. The molecule has 21 heavy (non-hydrogen) atoms. The third-order valence-corrected chi connectivity index (χ3v) is 4.01. The Morgan fingerprint density at radius 1 is 1.43 bits per heavy atom. The quantitative estimate of drug-likeness (QED) is 0.905. The number of halogens is 3. The molecule has 1 fully saturated rings. The van der Waals surface area contributed by atoms with E-state index in [1.807, 2.05) is 13.0 Å². The van der Waals surface area contributed by atoms with Crippen molar-refractivity contribution in [3.63, 3.8) is 0 Å². The Bertz CT molecular complexity index is 479. The highest BCUT2D eigenvalue weighted by atomic mass is 35.5. The molecule has 118 valence electrons. The van der Waals surface area contributed by atoms with Gasteiger partial charge in [-0.05, 0) is 24.6 Å². The maximum atomic E-state index is 12.4. The van der Waals surface area contributed by atoms with Crippen molar-refractivity contribution >= 4 is 41.5 Å². The van der Waals surface area contributed by atoms with Crippen LogP contribution < -0.4 is 5.32 Å². The third-order valence-electron chi connectivity index (χ3n) is 3.27. The van der Waals surface area contributed by atoms with Crippen molar-refractivity contribution in [2.24, 2.45) is 0 Å². The molecule has 1 N–H and O–H groups in total. The minimum absolute atomic E-state index is 0. The Morgan fingerprint density at radius 2 is 2.19 bits per heavy atom. The second-order valence-electron chi connectivity index (χ2n) is 4.68. The van der Waals surface area contributed by atoms with Crippen LogP contribution in [0.1, 0.15) is 12.5 Å². The second-order valence-corrected chi connectivity index (χ2v) is 5.50. The highest BCUT2D eigenvalue weighted by Gasteiger charge is 2.25. The predicted molar refractivity (Wildman–Crippen MR) is 87.4 cm³/mol. The molecule has 1 unspecified atom stereocenters. The van der Waals surface area contributed by atoms with Crippen molar-refractivity contribution in [3.05, 3.63) is 33.8 Å². The van der Waals surface area contributed by atoms with E-state index in [2.05, 4.69) is 5.32 Å². The third kappa shape index (κ3) is 5.01. The number of carbonyl (C=O) groups is 1. The molecule has 0 bridgehead atoms. The number of ether oxygens (including phenoxy) is 1. The van der Waals surface area contributed by atoms with E-state index in [4.69, 9.17) is 27.9 Å². The van der Waals surface area contributed by atoms with Gasteiger partial charge >= 0.3 is 0 Å². The molecule has 4 nitrogen and oxygen atoms in total. The molecule has 1 aromatic rings. The SMILES string of the molecule is CCN(Cc1ccc(Cl)c(Cl)c1)C(=O)C1COCCN1.Cl. The van der Waals surface area contributed by atoms with Crippen molar-refractivity contribution < 1.29 is 9.53 Å². The van der Waals surface area contributed by atoms with Crippen LogP contribution >= 0.6 is 35.6 Å². The van der Waals surface area contributed by atoms with E-state index < -0.39 is 0 Å². The van der Waals surface area contributed by atoms with Gasteiger partial charge in [0.05, 0.1) is 23.3 Å². The number of nitrogens with one attached hydrogen (secondary N) is 1. The van der Waals surface area contributed by atoms with Crippen molar-refractivity contribution in [2.75, 3.05) is 26.3 Å². The van der Waals surface area contributed by atoms with Crippen molar-refractivity contribution in [3.8, 4) is 0 Å². The van der Waals surface area contributed by atoms with E-state index in [0.29, 0.717) is 42.9 Å². The van der Waals surface area contributed by atoms with Crippen LogP contribution in [0.25, 0.3) is 0 Å². The average molecular weight is 354 g/mol. The molecule has 1 amide bonds. The number of hydrogen-bond donors (Lipinski definition) is 1. The predicted octanol–water partition coefficient (Wildman–Crippen LogP) is 2.75. The average Bonchev–Trinajstić information content (AvgIpc) is 2.48. The Morgan fingerprint density at radius 3 is 2.76 bits per heavy atom. The van der Waals surface area contributed by atoms with E-state index >= 15 is 0 Å². The topological polar surface area (TPSA) is 41.6 Å². The minimum Gasteiger partial charge on any atom is -0.378 e. The highest BCUT2D eigenvalue weighted by Crippen LogP contribution is 2.23. The van der Waals surface area contributed by atoms with Gasteiger partial charge in [0.2, 0.25) is 5.91 Å². The summed E-state index contributed by atoms with van der Waals surface area (Å²) in [5, 5.41) is 4.20. The van der Waals surface area contributed by atoms with Crippen LogP contribution in [0.4, 0.5) is 0 Å². The summed E-state index contributed by atoms with van der Waals surface area (Å²) in [4.78, 5) is 14.2. The summed E-state index contributed by atoms with van der Waals surface area (Å²) in [5.41, 5.74) is 0.964. The minimum atomic E-state index is -0.258. The van der Waals surface area contributed by atoms with Gasteiger partial charge in [-0.1, -0.05) is 29.3 Å². The molecule has 1 aliphatic heterocycles. The normalized spacial score (nSPS) is 18.0. The number of benzene rings is 1. The summed E-state index contributed by atoms with van der Waals surface area (Å²) >= 11 is 11.9. The van der Waals surface area contributed by atoms with Crippen LogP contribution in [0.3, 0.4) is 0 Å². The molecule has 1 atom stereocenters. The van der Waals surface area contributed by atoms with E-state index in [9.17, 15) is 4.79 Å². The van der Waals surface area contributed by atoms with E-state index in [0.717, 1.165) is 5.56 Å². The molecular formula is C14H19Cl3N2O2. The summed E-state index contributed by atoms with van der Waals surface area (Å²) in [6.45, 7) is 4.90. The molecule has 1 saturated heterocycles. The Labute approximate surface area is 141 Å². The number of rotatable bonds is 4. The molecule has 0 aromatic heterocycles. The summed E-state index contributed by atoms with van der Waals surface area (Å²) in [5.74, 6) is 0.0540. The summed E-state index contributed by atoms with van der Waals surface area (Å²) in [6.07, 6.45) is 0. The number of hydrogen-bond acceptors (Lipinski definition) is 3. The summed E-state index contributed by atoms with van der Waals surface area (Å²) in [6, 6.07) is 5.17. The van der Waals surface area contributed by atoms with Crippen LogP contribution in [0.5, 0.6) is 0 Å². The molecular weight excluding hydrogens is 335 g/mol. The van der Waals surface area contributed by atoms with Crippen LogP contribution in [0.15, 0.2) is 18.2 Å². The van der Waals surface area contributed by atoms with Gasteiger partial charge in [-0.3, -0.25) is 4.79 Å². The molecule has 2 rings (SSSR count). The lowest BCUT2D eigenvalue weighted by Gasteiger charge is -2.29. The number of amides is 1. The Kier molecular flexibility index (Phi) is 7.77. The molecule has 0 aliphatic carbocycles. The lowest BCUT2D eigenvalue weighted by atomic mass is 10.2. The smallest absolute Gasteiger partial charge is 0.242 e. The maximum Gasteiger partial charge on any atom is 0.242 e. The lowest BCUT2D eigenvalue weighted by Crippen LogP contribution is -2.52. The van der Waals surface area contributed by atoms with E-state index in [1.54, 1.807) is 17.0 Å². The molecule has 7 heteroatoms. The number of likely N-dealkylation sites (N-methyl/N-ethyl adjacent to an activating group) is 1. The largest absolute Gasteiger partial charge is 0.378 e. The van der Waals surface area contributed by atoms with E-state index in [-0.39, 0.29) is 24.4 Å². The first-order valence-corrected chi connectivity index (χ1v) is 7.41. The van der Waals surface area contributed by atoms with Gasteiger partial charge in [0.25, 0.3) is 0 Å². The Balaban J connectivity index is 0.00000220. The zero-order valence-electron chi connectivity index (χ0n) is 11.8. The summed E-state index contributed by atoms with van der Waals surface area (Å²) < 4.78 is 5.33. The van der Waals surface area contributed by atoms with Crippen molar-refractivity contribution in [2.45, 2.75) is 19.5 Å². The zero-order valence-corrected chi connectivity index (χ0v) is 14.1. The van der Waals surface area contributed by atoms with Crippen LogP contribution in [0.2, 0.25) is 10.0 Å². The zero-order chi connectivity index (χ0) is 14.5. The van der Waals surface area contributed by atoms with Crippen molar-refractivity contribution in [1.29, 1.82) is 0 Å². The number of morpholine rings is 1. The first kappa shape index (κ1) is 18.5. The fraction of sp³-hybridized carbons (Fsp3) is 0.500. The molecule has 1 aromatic carbocycles. The highest BCUT2D eigenvalue weighted by molar-refractivity contribution is 6.42. The van der Waals surface area contributed by atoms with E-state index in [1.165, 1.54) is 0 Å². The molecule has 0 saturated carbocycles. The maximum absolute atomic E-state index is 12.4. The van der Waals surface area contributed by atoms with Gasteiger partial charge in [-0.15, -0.1) is 12.4 Å². The van der Waals surface area contributed by atoms with Gasteiger partial charge in [-0.25, -0.2) is 0 Å². The number of nitrogens with zero attached hydrogens (tertiary/aromatic N) is 1. The first-order chi connectivity index (χ1) is 9.61. The molecule has 0 spiro atoms. The Hall–Kier alpha value is -0.520. The van der Waals surface area contributed by atoms with Gasteiger partial charge in [0, 0.05) is 19.6 Å². The molecule has 0 radical (unpaired) electrons.